The Labute approximate surface area is 154 Å². The second-order valence-corrected chi connectivity index (χ2v) is 5.88. The van der Waals surface area contributed by atoms with Gasteiger partial charge in [0.25, 0.3) is 5.91 Å². The molecule has 6 nitrogen and oxygen atoms in total. The Bertz CT molecular complexity index is 779. The average Bonchev–Trinajstić information content (AvgIpc) is 2.60. The van der Waals surface area contributed by atoms with Crippen LogP contribution in [0.5, 0.6) is 0 Å². The largest absolute Gasteiger partial charge is 0.325 e. The molecule has 2 aromatic rings. The maximum atomic E-state index is 11.8. The van der Waals surface area contributed by atoms with E-state index in [9.17, 15) is 14.4 Å². The number of para-hydroxylation sites is 1. The molecule has 0 aliphatic heterocycles. The van der Waals surface area contributed by atoms with Crippen molar-refractivity contribution in [3.8, 4) is 0 Å². The highest BCUT2D eigenvalue weighted by Gasteiger charge is 2.10. The van der Waals surface area contributed by atoms with Gasteiger partial charge < -0.3 is 5.32 Å². The lowest BCUT2D eigenvalue weighted by molar-refractivity contribution is -0.124. The molecule has 0 aliphatic carbocycles. The zero-order chi connectivity index (χ0) is 18.2. The summed E-state index contributed by atoms with van der Waals surface area (Å²) < 4.78 is 0. The first-order chi connectivity index (χ1) is 12.0. The van der Waals surface area contributed by atoms with Crippen molar-refractivity contribution in [3.63, 3.8) is 0 Å². The van der Waals surface area contributed by atoms with E-state index in [-0.39, 0.29) is 18.7 Å². The van der Waals surface area contributed by atoms with Crippen LogP contribution in [0.1, 0.15) is 23.2 Å². The number of hydrogen-bond acceptors (Lipinski definition) is 3. The Hall–Kier alpha value is -2.57. The predicted molar refractivity (Wildman–Crippen MR) is 96.4 cm³/mol. The van der Waals surface area contributed by atoms with Crippen LogP contribution in [-0.4, -0.2) is 17.7 Å². The number of anilines is 1. The number of rotatable bonds is 5. The lowest BCUT2D eigenvalue weighted by Crippen LogP contribution is -2.41. The van der Waals surface area contributed by atoms with Crippen LogP contribution in [0.15, 0.2) is 48.5 Å². The van der Waals surface area contributed by atoms with Crippen molar-refractivity contribution in [2.45, 2.75) is 12.8 Å². The van der Waals surface area contributed by atoms with Crippen molar-refractivity contribution >= 4 is 46.6 Å². The van der Waals surface area contributed by atoms with Crippen LogP contribution in [0.3, 0.4) is 0 Å². The monoisotopic (exact) mass is 379 g/mol. The summed E-state index contributed by atoms with van der Waals surface area (Å²) in [7, 11) is 0. The van der Waals surface area contributed by atoms with Gasteiger partial charge in [-0.05, 0) is 36.4 Å². The van der Waals surface area contributed by atoms with Gasteiger partial charge in [-0.1, -0.05) is 35.3 Å². The molecule has 3 N–H and O–H groups in total. The SMILES string of the molecule is O=C(CCC(=O)Nc1ccccc1Cl)NNC(=O)c1ccc(Cl)cc1. The molecule has 0 aliphatic rings. The third kappa shape index (κ3) is 6.10. The summed E-state index contributed by atoms with van der Waals surface area (Å²) in [5, 5.41) is 3.53. The minimum atomic E-state index is -0.489. The molecule has 130 valence electrons. The molecule has 0 heterocycles. The van der Waals surface area contributed by atoms with E-state index in [0.29, 0.717) is 21.3 Å². The molecule has 25 heavy (non-hydrogen) atoms. The lowest BCUT2D eigenvalue weighted by atomic mass is 10.2. The van der Waals surface area contributed by atoms with Gasteiger partial charge in [0, 0.05) is 23.4 Å². The van der Waals surface area contributed by atoms with Crippen molar-refractivity contribution in [2.24, 2.45) is 0 Å². The number of carbonyl (C=O) groups excluding carboxylic acids is 3. The summed E-state index contributed by atoms with van der Waals surface area (Å²) in [6, 6.07) is 13.0. The Balaban J connectivity index is 1.73. The highest BCUT2D eigenvalue weighted by molar-refractivity contribution is 6.33. The molecule has 0 aromatic heterocycles. The highest BCUT2D eigenvalue weighted by Crippen LogP contribution is 2.20. The molecule has 0 radical (unpaired) electrons. The number of hydrogen-bond donors (Lipinski definition) is 3. The predicted octanol–water partition coefficient (Wildman–Crippen LogP) is 3.17. The van der Waals surface area contributed by atoms with Crippen LogP contribution in [0.25, 0.3) is 0 Å². The second kappa shape index (κ2) is 9.05. The van der Waals surface area contributed by atoms with Crippen LogP contribution in [-0.2, 0) is 9.59 Å². The molecule has 2 aromatic carbocycles. The van der Waals surface area contributed by atoms with Crippen molar-refractivity contribution in [1.29, 1.82) is 0 Å². The van der Waals surface area contributed by atoms with Crippen LogP contribution in [0.2, 0.25) is 10.0 Å². The second-order valence-electron chi connectivity index (χ2n) is 5.04. The maximum Gasteiger partial charge on any atom is 0.269 e. The van der Waals surface area contributed by atoms with Gasteiger partial charge in [0.05, 0.1) is 10.7 Å². The van der Waals surface area contributed by atoms with Crippen molar-refractivity contribution in [1.82, 2.24) is 10.9 Å². The number of carbonyl (C=O) groups is 3. The fourth-order valence-corrected chi connectivity index (χ4v) is 2.17. The first-order valence-corrected chi connectivity index (χ1v) is 8.10. The van der Waals surface area contributed by atoms with E-state index < -0.39 is 11.8 Å². The third-order valence-electron chi connectivity index (χ3n) is 3.15. The molecule has 0 fully saturated rings. The first-order valence-electron chi connectivity index (χ1n) is 7.35. The van der Waals surface area contributed by atoms with E-state index in [1.54, 1.807) is 36.4 Å². The van der Waals surface area contributed by atoms with Crippen molar-refractivity contribution in [2.75, 3.05) is 5.32 Å². The van der Waals surface area contributed by atoms with Gasteiger partial charge >= 0.3 is 0 Å². The molecule has 8 heteroatoms. The topological polar surface area (TPSA) is 87.3 Å². The number of amides is 3. The maximum absolute atomic E-state index is 11.8. The van der Waals surface area contributed by atoms with Gasteiger partial charge in [0.1, 0.15) is 0 Å². The Morgan fingerprint density at radius 2 is 1.44 bits per heavy atom. The van der Waals surface area contributed by atoms with E-state index in [0.717, 1.165) is 0 Å². The number of benzene rings is 2. The van der Waals surface area contributed by atoms with Gasteiger partial charge in [0.15, 0.2) is 0 Å². The molecule has 0 spiro atoms. The molecule has 2 rings (SSSR count). The molecule has 3 amide bonds. The zero-order valence-electron chi connectivity index (χ0n) is 13.0. The van der Waals surface area contributed by atoms with Crippen molar-refractivity contribution in [3.05, 3.63) is 64.1 Å². The van der Waals surface area contributed by atoms with Gasteiger partial charge in [0.2, 0.25) is 11.8 Å². The quantitative estimate of drug-likeness (QED) is 0.697. The van der Waals surface area contributed by atoms with Gasteiger partial charge in [-0.3, -0.25) is 25.2 Å². The summed E-state index contributed by atoms with van der Waals surface area (Å²) in [4.78, 5) is 35.3. The first kappa shape index (κ1) is 18.8. The summed E-state index contributed by atoms with van der Waals surface area (Å²) >= 11 is 11.7. The standard InChI is InChI=1S/C17H15Cl2N3O3/c18-12-7-5-11(6-8-12)17(25)22-21-16(24)10-9-15(23)20-14-4-2-1-3-13(14)19/h1-8H,9-10H2,(H,20,23)(H,21,24)(H,22,25). The fourth-order valence-electron chi connectivity index (χ4n) is 1.86. The van der Waals surface area contributed by atoms with E-state index in [1.807, 2.05) is 0 Å². The smallest absolute Gasteiger partial charge is 0.269 e. The molecule has 0 saturated carbocycles. The molecule has 0 atom stereocenters. The van der Waals surface area contributed by atoms with E-state index in [1.165, 1.54) is 12.1 Å². The molecule has 0 saturated heterocycles. The van der Waals surface area contributed by atoms with E-state index >= 15 is 0 Å². The highest BCUT2D eigenvalue weighted by atomic mass is 35.5. The Morgan fingerprint density at radius 1 is 0.800 bits per heavy atom. The summed E-state index contributed by atoms with van der Waals surface area (Å²) in [5.74, 6) is -1.32. The normalized spacial score (nSPS) is 10.0. The van der Waals surface area contributed by atoms with Gasteiger partial charge in [-0.15, -0.1) is 0 Å². The Morgan fingerprint density at radius 3 is 2.12 bits per heavy atom. The van der Waals surface area contributed by atoms with Crippen LogP contribution in [0.4, 0.5) is 5.69 Å². The van der Waals surface area contributed by atoms with E-state index in [4.69, 9.17) is 23.2 Å². The average molecular weight is 380 g/mol. The summed E-state index contributed by atoms with van der Waals surface area (Å²) in [6.07, 6.45) is -0.134. The third-order valence-corrected chi connectivity index (χ3v) is 3.73. The van der Waals surface area contributed by atoms with E-state index in [2.05, 4.69) is 16.2 Å². The summed E-state index contributed by atoms with van der Waals surface area (Å²) in [5.41, 5.74) is 5.34. The molecular formula is C17H15Cl2N3O3. The molecule has 0 unspecified atom stereocenters. The van der Waals surface area contributed by atoms with Crippen LogP contribution in [0, 0.1) is 0 Å². The van der Waals surface area contributed by atoms with Crippen LogP contribution < -0.4 is 16.2 Å². The van der Waals surface area contributed by atoms with Gasteiger partial charge in [-0.2, -0.15) is 0 Å². The lowest BCUT2D eigenvalue weighted by Gasteiger charge is -2.08. The minimum Gasteiger partial charge on any atom is -0.325 e. The number of nitrogens with one attached hydrogen (secondary N) is 3. The fraction of sp³-hybridized carbons (Fsp3) is 0.118. The Kier molecular flexibility index (Phi) is 6.80. The van der Waals surface area contributed by atoms with Crippen molar-refractivity contribution < 1.29 is 14.4 Å². The van der Waals surface area contributed by atoms with Gasteiger partial charge in [-0.25, -0.2) is 0 Å². The summed E-state index contributed by atoms with van der Waals surface area (Å²) in [6.45, 7) is 0. The zero-order valence-corrected chi connectivity index (χ0v) is 14.5. The van der Waals surface area contributed by atoms with Crippen LogP contribution >= 0.6 is 23.2 Å². The minimum absolute atomic E-state index is 0.0477. The number of halogens is 2. The molecular weight excluding hydrogens is 365 g/mol. The molecule has 0 bridgehead atoms. The number of hydrazine groups is 1.